The summed E-state index contributed by atoms with van der Waals surface area (Å²) in [5.41, 5.74) is 13.2. The van der Waals surface area contributed by atoms with Crippen molar-refractivity contribution in [2.24, 2.45) is 11.5 Å². The van der Waals surface area contributed by atoms with E-state index in [-0.39, 0.29) is 82.8 Å². The standard InChI is InChI=1S/C49H60N4O10.C34H50N4O8.C21H39N3O7/c1-48(2,3)62-42(54)26-25-40(45(57)63-49(4,5)6)52-46(58)51-39(44(56)60-7)22-14-15-27-50-43(55)41(29-31-23-24-32-16-8-9-17-33(32)28-31)53-47(59)61-30-38-36-20-12-10-18-34(36)35-19-11-13-21-37(35)38;1-33(2,3)45-28(39)18-17-27(31(42)46-34(4,5)6)38-32(43)37-26(30(41)44-7)14-10-11-19-36-29(40)25(35)21-22-15-16-23-12-8-9-13-24(23)20-22;1-20(2,3)30-16(25)12-11-15(18(27)31-21(4,5)6)24-19(28)23-14(17(26)29-7)10-8-9-13-22/h8-13,16-21,23-24,28,38-41H,14-15,22,25-27,29-30H2,1-7H3,(H,50,55)(H,53,59)(H2,51,52,58);8-9,12-13,15-16,20,25-27H,10-11,14,17-19,21,35H2,1-7H3,(H,36,40)(H2,37,38,43);14-15H,8-13,22H2,1-7H3,(H2,23,24,28). The van der Waals surface area contributed by atoms with Gasteiger partial charge in [0.25, 0.3) is 0 Å². The van der Waals surface area contributed by atoms with E-state index in [0.717, 1.165) is 54.9 Å². The van der Waals surface area contributed by atoms with E-state index < -0.39 is 166 Å². The Morgan fingerprint density at radius 2 is 0.621 bits per heavy atom. The number of carbonyl (C=O) groups excluding carboxylic acids is 15. The molecule has 0 saturated heterocycles. The number of hydrogen-bond donors (Lipinski definition) is 11. The maximum absolute atomic E-state index is 13.8. The molecule has 8 atom stereocenters. The molecule has 6 aromatic carbocycles. The van der Waals surface area contributed by atoms with Crippen molar-refractivity contribution in [2.75, 3.05) is 47.6 Å². The van der Waals surface area contributed by atoms with E-state index in [1.165, 1.54) is 21.3 Å². The van der Waals surface area contributed by atoms with Crippen LogP contribution in [-0.4, -0.2) is 219 Å². The molecular formula is C104H149N11O25. The van der Waals surface area contributed by atoms with Gasteiger partial charge in [0.05, 0.1) is 27.4 Å². The summed E-state index contributed by atoms with van der Waals surface area (Å²) in [5, 5.41) is 27.9. The van der Waals surface area contributed by atoms with Crippen molar-refractivity contribution in [3.63, 3.8) is 0 Å². The summed E-state index contributed by atoms with van der Waals surface area (Å²) in [5.74, 6) is -6.58. The van der Waals surface area contributed by atoms with Gasteiger partial charge < -0.3 is 107 Å². The molecule has 36 heteroatoms. The van der Waals surface area contributed by atoms with Crippen LogP contribution in [0.2, 0.25) is 0 Å². The average Bonchev–Trinajstić information content (AvgIpc) is 1.61. The predicted octanol–water partition coefficient (Wildman–Crippen LogP) is 12.7. The normalized spacial score (nSPS) is 13.6. The summed E-state index contributed by atoms with van der Waals surface area (Å²) in [6, 6.07) is 33.3. The quantitative estimate of drug-likeness (QED) is 0.00961. The molecule has 0 aromatic heterocycles. The molecule has 0 spiro atoms. The maximum atomic E-state index is 13.8. The van der Waals surface area contributed by atoms with Crippen LogP contribution in [0.15, 0.2) is 133 Å². The van der Waals surface area contributed by atoms with Crippen LogP contribution >= 0.6 is 0 Å². The van der Waals surface area contributed by atoms with Crippen LogP contribution in [0.25, 0.3) is 32.7 Å². The van der Waals surface area contributed by atoms with Gasteiger partial charge in [0, 0.05) is 44.7 Å². The fraction of sp³-hybridized carbons (Fsp3) is 0.548. The first kappa shape index (κ1) is 118. The molecule has 0 fully saturated rings. The molecule has 6 aromatic rings. The first-order chi connectivity index (χ1) is 65.5. The van der Waals surface area contributed by atoms with E-state index in [1.807, 2.05) is 121 Å². The largest absolute Gasteiger partial charge is 0.467 e. The lowest BCUT2D eigenvalue weighted by Gasteiger charge is -2.26. The summed E-state index contributed by atoms with van der Waals surface area (Å²) in [6.07, 6.45) is 3.05. The van der Waals surface area contributed by atoms with Gasteiger partial charge in [-0.1, -0.05) is 133 Å². The van der Waals surface area contributed by atoms with E-state index in [4.69, 9.17) is 58.8 Å². The topological polar surface area (TPSA) is 509 Å². The van der Waals surface area contributed by atoms with Crippen LogP contribution in [0.1, 0.15) is 249 Å². The number of rotatable bonds is 44. The average molecular weight is 1950 g/mol. The first-order valence-corrected chi connectivity index (χ1v) is 47.4. The van der Waals surface area contributed by atoms with Crippen LogP contribution in [0.3, 0.4) is 0 Å². The second kappa shape index (κ2) is 56.3. The van der Waals surface area contributed by atoms with E-state index in [9.17, 15) is 71.9 Å². The molecule has 13 N–H and O–H groups in total. The van der Waals surface area contributed by atoms with Crippen molar-refractivity contribution in [3.05, 3.63) is 156 Å². The fourth-order valence-corrected chi connectivity index (χ4v) is 14.5. The van der Waals surface area contributed by atoms with E-state index in [2.05, 4.69) is 60.0 Å². The van der Waals surface area contributed by atoms with Crippen molar-refractivity contribution < 1.29 is 119 Å². The lowest BCUT2D eigenvalue weighted by molar-refractivity contribution is -0.160. The number of carbonyl (C=O) groups is 15. The Morgan fingerprint density at radius 3 is 0.950 bits per heavy atom. The lowest BCUT2D eigenvalue weighted by Crippen LogP contribution is -2.52. The number of esters is 9. The maximum Gasteiger partial charge on any atom is 0.407 e. The highest BCUT2D eigenvalue weighted by molar-refractivity contribution is 5.92. The highest BCUT2D eigenvalue weighted by Crippen LogP contribution is 2.45. The molecule has 0 radical (unpaired) electrons. The van der Waals surface area contributed by atoms with Crippen molar-refractivity contribution in [1.29, 1.82) is 0 Å². The van der Waals surface area contributed by atoms with Crippen LogP contribution < -0.4 is 59.3 Å². The second-order valence-corrected chi connectivity index (χ2v) is 40.0. The number of fused-ring (bicyclic) bond motifs is 5. The van der Waals surface area contributed by atoms with Gasteiger partial charge >= 0.3 is 77.9 Å². The number of amides is 9. The zero-order chi connectivity index (χ0) is 104. The SMILES string of the molecule is COC(=O)C(CCCCN)NC(=O)NC(CCC(=O)OC(C)(C)C)C(=O)OC(C)(C)C.COC(=O)C(CCCCNC(=O)C(Cc1ccc2ccccc2c1)NC(=O)OCC1c2ccccc2-c2ccccc21)NC(=O)NC(CCC(=O)OC(C)(C)C)C(=O)OC(C)(C)C.COC(=O)C(CCCCNC(=O)C(N)Cc1ccc2ccccc2c1)NC(=O)NC(CCC(=O)OC(C)(C)C)C(=O)OC(C)(C)C. The molecule has 9 amide bonds. The minimum atomic E-state index is -1.21. The zero-order valence-electron chi connectivity index (χ0n) is 85.1. The number of nitrogens with two attached hydrogens (primary N) is 2. The molecule has 0 aliphatic heterocycles. The van der Waals surface area contributed by atoms with Crippen molar-refractivity contribution in [2.45, 2.75) is 322 Å². The number of alkyl carbamates (subject to hydrolysis) is 1. The summed E-state index contributed by atoms with van der Waals surface area (Å²) >= 11 is 0. The first-order valence-electron chi connectivity index (χ1n) is 47.4. The predicted molar refractivity (Wildman–Crippen MR) is 528 cm³/mol. The summed E-state index contributed by atoms with van der Waals surface area (Å²) < 4.78 is 52.4. The van der Waals surface area contributed by atoms with Gasteiger partial charge in [0.2, 0.25) is 11.8 Å². The Bertz CT molecular complexity index is 5090. The van der Waals surface area contributed by atoms with Crippen LogP contribution in [-0.2, 0) is 113 Å². The van der Waals surface area contributed by atoms with Gasteiger partial charge in [-0.25, -0.2) is 47.9 Å². The number of ether oxygens (including phenoxy) is 10. The van der Waals surface area contributed by atoms with Gasteiger partial charge in [-0.15, -0.1) is 0 Å². The van der Waals surface area contributed by atoms with Crippen LogP contribution in [0, 0.1) is 0 Å². The molecule has 7 rings (SSSR count). The van der Waals surface area contributed by atoms with E-state index in [1.54, 1.807) is 125 Å². The van der Waals surface area contributed by atoms with Crippen molar-refractivity contribution in [1.82, 2.24) is 47.9 Å². The summed E-state index contributed by atoms with van der Waals surface area (Å²) in [7, 11) is 3.62. The third-order valence-corrected chi connectivity index (χ3v) is 20.7. The zero-order valence-corrected chi connectivity index (χ0v) is 85.1. The highest BCUT2D eigenvalue weighted by atomic mass is 16.6. The molecule has 0 saturated carbocycles. The third kappa shape index (κ3) is 45.3. The fourth-order valence-electron chi connectivity index (χ4n) is 14.5. The smallest absolute Gasteiger partial charge is 0.407 e. The van der Waals surface area contributed by atoms with Gasteiger partial charge in [0.1, 0.15) is 82.5 Å². The van der Waals surface area contributed by atoms with Gasteiger partial charge in [-0.05, 0) is 270 Å². The van der Waals surface area contributed by atoms with Crippen LogP contribution in [0.5, 0.6) is 0 Å². The Hall–Kier alpha value is -13.0. The molecule has 36 nitrogen and oxygen atoms in total. The molecule has 8 unspecified atom stereocenters. The summed E-state index contributed by atoms with van der Waals surface area (Å²) in [6.45, 7) is 31.8. The molecule has 0 heterocycles. The van der Waals surface area contributed by atoms with Gasteiger partial charge in [-0.3, -0.25) is 24.0 Å². The van der Waals surface area contributed by atoms with Crippen molar-refractivity contribution in [3.8, 4) is 11.1 Å². The Kier molecular flexibility index (Phi) is 47.3. The minimum absolute atomic E-state index is 0.0205. The molecule has 140 heavy (non-hydrogen) atoms. The molecule has 0 bridgehead atoms. The Morgan fingerprint density at radius 1 is 0.321 bits per heavy atom. The number of urea groups is 3. The van der Waals surface area contributed by atoms with E-state index in [0.29, 0.717) is 64.5 Å². The van der Waals surface area contributed by atoms with Gasteiger partial charge in [-0.2, -0.15) is 0 Å². The highest BCUT2D eigenvalue weighted by Gasteiger charge is 2.37. The molecule has 1 aliphatic rings. The Labute approximate surface area is 821 Å². The number of hydrogen-bond acceptors (Lipinski definition) is 27. The van der Waals surface area contributed by atoms with E-state index >= 15 is 0 Å². The monoisotopic (exact) mass is 1950 g/mol. The Balaban J connectivity index is 0.000000395. The summed E-state index contributed by atoms with van der Waals surface area (Å²) in [4.78, 5) is 190. The molecule has 770 valence electrons. The molecular weight excluding hydrogens is 1800 g/mol. The van der Waals surface area contributed by atoms with Gasteiger partial charge in [0.15, 0.2) is 0 Å². The number of unbranched alkanes of at least 4 members (excludes halogenated alkanes) is 3. The van der Waals surface area contributed by atoms with Crippen LogP contribution in [0.4, 0.5) is 19.2 Å². The third-order valence-electron chi connectivity index (χ3n) is 20.7. The second-order valence-electron chi connectivity index (χ2n) is 40.0. The molecule has 1 aliphatic carbocycles. The number of methoxy groups -OCH3 is 3. The number of benzene rings is 6. The minimum Gasteiger partial charge on any atom is -0.467 e. The lowest BCUT2D eigenvalue weighted by atomic mass is 9.98. The number of nitrogens with one attached hydrogen (secondary N) is 9. The van der Waals surface area contributed by atoms with Crippen molar-refractivity contribution >= 4 is 111 Å².